The van der Waals surface area contributed by atoms with Crippen LogP contribution in [0.25, 0.3) is 28.2 Å². The molecule has 7 heteroatoms. The van der Waals surface area contributed by atoms with Crippen molar-refractivity contribution in [1.82, 2.24) is 19.5 Å². The number of alkyl halides is 1. The number of anilines is 1. The molecule has 0 bridgehead atoms. The van der Waals surface area contributed by atoms with Gasteiger partial charge in [0, 0.05) is 36.0 Å². The Kier molecular flexibility index (Phi) is 6.49. The molecule has 4 heterocycles. The third-order valence-electron chi connectivity index (χ3n) is 5.30. The number of fused-ring (bicyclic) bond motifs is 1. The van der Waals surface area contributed by atoms with E-state index in [1.54, 1.807) is 6.20 Å². The highest BCUT2D eigenvalue weighted by atomic mass is 35.5. The molecule has 0 saturated carbocycles. The lowest BCUT2D eigenvalue weighted by Gasteiger charge is -2.12. The van der Waals surface area contributed by atoms with E-state index in [0.717, 1.165) is 52.5 Å². The van der Waals surface area contributed by atoms with Gasteiger partial charge < -0.3 is 10.5 Å². The van der Waals surface area contributed by atoms with Crippen LogP contribution in [-0.4, -0.2) is 32.7 Å². The minimum absolute atomic E-state index is 0.313. The fourth-order valence-electron chi connectivity index (χ4n) is 3.73. The quantitative estimate of drug-likeness (QED) is 0.438. The predicted molar refractivity (Wildman–Crippen MR) is 126 cm³/mol. The Morgan fingerprint density at radius 3 is 2.58 bits per heavy atom. The largest absolute Gasteiger partial charge is 0.383 e. The maximum Gasteiger partial charge on any atom is 0.165 e. The fraction of sp³-hybridized carbons (Fsp3) is 0.292. The zero-order valence-corrected chi connectivity index (χ0v) is 18.5. The topological polar surface area (TPSA) is 78.8 Å². The molecule has 1 fully saturated rings. The number of benzene rings is 1. The summed E-state index contributed by atoms with van der Waals surface area (Å²) < 4.78 is 7.60. The zero-order chi connectivity index (χ0) is 21.8. The molecule has 1 saturated heterocycles. The van der Waals surface area contributed by atoms with Crippen LogP contribution in [-0.2, 0) is 10.6 Å². The molecule has 1 unspecified atom stereocenters. The molecule has 3 aromatic heterocycles. The second-order valence-corrected chi connectivity index (χ2v) is 7.41. The van der Waals surface area contributed by atoms with Crippen LogP contribution >= 0.6 is 11.6 Å². The van der Waals surface area contributed by atoms with E-state index in [-0.39, 0.29) is 0 Å². The summed E-state index contributed by atoms with van der Waals surface area (Å²) in [4.78, 5) is 14.1. The molecular weight excluding hydrogens is 410 g/mol. The third-order valence-corrected chi connectivity index (χ3v) is 5.61. The SMILES string of the molecule is CC.Nc1ncccc1-c1nc2ccc(C3CCOC3)nc2n1-c1ccc(CCl)cc1. The Hall–Kier alpha value is -2.96. The standard InChI is InChI=1S/C22H20ClN5O.C2H6/c23-12-14-3-5-16(6-4-14)28-21(17-2-1-10-25-20(17)24)27-19-8-7-18(26-22(19)28)15-9-11-29-13-15;1-2/h1-8,10,15H,9,11-13H2,(H2,24,25);1-2H3. The molecule has 160 valence electrons. The van der Waals surface area contributed by atoms with Gasteiger partial charge in [-0.3, -0.25) is 4.57 Å². The van der Waals surface area contributed by atoms with Crippen LogP contribution in [0.3, 0.4) is 0 Å². The summed E-state index contributed by atoms with van der Waals surface area (Å²) in [6, 6.07) is 15.9. The summed E-state index contributed by atoms with van der Waals surface area (Å²) >= 11 is 5.97. The van der Waals surface area contributed by atoms with Gasteiger partial charge in [-0.1, -0.05) is 26.0 Å². The number of pyridine rings is 2. The molecule has 6 nitrogen and oxygen atoms in total. The summed E-state index contributed by atoms with van der Waals surface area (Å²) in [5.74, 6) is 1.94. The smallest absolute Gasteiger partial charge is 0.165 e. The van der Waals surface area contributed by atoms with Gasteiger partial charge in [0.05, 0.1) is 12.2 Å². The monoisotopic (exact) mass is 435 g/mol. The number of nitrogens with zero attached hydrogens (tertiary/aromatic N) is 4. The van der Waals surface area contributed by atoms with Crippen LogP contribution in [0.2, 0.25) is 0 Å². The number of ether oxygens (including phenoxy) is 1. The maximum atomic E-state index is 6.18. The van der Waals surface area contributed by atoms with E-state index in [1.165, 1.54) is 0 Å². The van der Waals surface area contributed by atoms with Gasteiger partial charge in [-0.2, -0.15) is 0 Å². The highest BCUT2D eigenvalue weighted by Crippen LogP contribution is 2.32. The van der Waals surface area contributed by atoms with Gasteiger partial charge in [0.25, 0.3) is 0 Å². The summed E-state index contributed by atoms with van der Waals surface area (Å²) in [5.41, 5.74) is 11.6. The fourth-order valence-corrected chi connectivity index (χ4v) is 3.91. The maximum absolute atomic E-state index is 6.18. The highest BCUT2D eigenvalue weighted by Gasteiger charge is 2.22. The molecule has 31 heavy (non-hydrogen) atoms. The van der Waals surface area contributed by atoms with Crippen molar-refractivity contribution < 1.29 is 4.74 Å². The molecule has 1 aliphatic heterocycles. The van der Waals surface area contributed by atoms with E-state index in [4.69, 9.17) is 32.0 Å². The summed E-state index contributed by atoms with van der Waals surface area (Å²) in [5, 5.41) is 0. The first kappa shape index (κ1) is 21.3. The number of nitrogens with two attached hydrogens (primary N) is 1. The zero-order valence-electron chi connectivity index (χ0n) is 17.8. The summed E-state index contributed by atoms with van der Waals surface area (Å²) in [6.07, 6.45) is 2.66. The Balaban J connectivity index is 0.00000112. The van der Waals surface area contributed by atoms with Crippen molar-refractivity contribution in [3.63, 3.8) is 0 Å². The lowest BCUT2D eigenvalue weighted by atomic mass is 10.0. The molecular formula is C24H26ClN5O. The number of nitrogen functional groups attached to an aromatic ring is 1. The molecule has 2 N–H and O–H groups in total. The average molecular weight is 436 g/mol. The van der Waals surface area contributed by atoms with Crippen molar-refractivity contribution in [2.24, 2.45) is 0 Å². The predicted octanol–water partition coefficient (Wildman–Crippen LogP) is 5.33. The molecule has 4 aromatic rings. The second kappa shape index (κ2) is 9.45. The first-order valence-electron chi connectivity index (χ1n) is 10.6. The van der Waals surface area contributed by atoms with Crippen molar-refractivity contribution in [3.8, 4) is 17.1 Å². The lowest BCUT2D eigenvalue weighted by Crippen LogP contribution is -2.04. The lowest BCUT2D eigenvalue weighted by molar-refractivity contribution is 0.193. The van der Waals surface area contributed by atoms with Gasteiger partial charge in [-0.25, -0.2) is 15.0 Å². The Labute approximate surface area is 187 Å². The van der Waals surface area contributed by atoms with E-state index in [0.29, 0.717) is 24.2 Å². The van der Waals surface area contributed by atoms with E-state index in [9.17, 15) is 0 Å². The summed E-state index contributed by atoms with van der Waals surface area (Å²) in [6.45, 7) is 5.49. The van der Waals surface area contributed by atoms with E-state index in [1.807, 2.05) is 66.9 Å². The number of rotatable bonds is 4. The van der Waals surface area contributed by atoms with Gasteiger partial charge in [0.1, 0.15) is 11.3 Å². The van der Waals surface area contributed by atoms with Gasteiger partial charge in [-0.05, 0) is 48.4 Å². The molecule has 1 aromatic carbocycles. The van der Waals surface area contributed by atoms with Crippen molar-refractivity contribution in [2.45, 2.75) is 32.1 Å². The molecule has 1 aliphatic rings. The number of imidazole rings is 1. The van der Waals surface area contributed by atoms with Crippen LogP contribution in [0.4, 0.5) is 5.82 Å². The first-order chi connectivity index (χ1) is 15.2. The van der Waals surface area contributed by atoms with E-state index < -0.39 is 0 Å². The minimum Gasteiger partial charge on any atom is -0.383 e. The number of hydrogen-bond acceptors (Lipinski definition) is 5. The van der Waals surface area contributed by atoms with Gasteiger partial charge in [-0.15, -0.1) is 11.6 Å². The normalized spacial score (nSPS) is 15.6. The molecule has 0 radical (unpaired) electrons. The number of hydrogen-bond donors (Lipinski definition) is 1. The minimum atomic E-state index is 0.313. The Morgan fingerprint density at radius 1 is 1.10 bits per heavy atom. The molecule has 1 atom stereocenters. The molecule has 0 aliphatic carbocycles. The van der Waals surface area contributed by atoms with Crippen molar-refractivity contribution in [1.29, 1.82) is 0 Å². The van der Waals surface area contributed by atoms with Crippen molar-refractivity contribution in [2.75, 3.05) is 18.9 Å². The van der Waals surface area contributed by atoms with Gasteiger partial charge in [0.15, 0.2) is 11.5 Å². The van der Waals surface area contributed by atoms with Gasteiger partial charge >= 0.3 is 0 Å². The third kappa shape index (κ3) is 4.13. The van der Waals surface area contributed by atoms with E-state index >= 15 is 0 Å². The average Bonchev–Trinajstić information content (AvgIpc) is 3.49. The molecule has 0 spiro atoms. The van der Waals surface area contributed by atoms with Crippen LogP contribution in [0.5, 0.6) is 0 Å². The first-order valence-corrected chi connectivity index (χ1v) is 11.1. The van der Waals surface area contributed by atoms with Crippen molar-refractivity contribution in [3.05, 3.63) is 66.0 Å². The second-order valence-electron chi connectivity index (χ2n) is 7.15. The summed E-state index contributed by atoms with van der Waals surface area (Å²) in [7, 11) is 0. The van der Waals surface area contributed by atoms with Crippen molar-refractivity contribution >= 4 is 28.6 Å². The number of aromatic nitrogens is 4. The van der Waals surface area contributed by atoms with Crippen LogP contribution < -0.4 is 5.73 Å². The molecule has 0 amide bonds. The highest BCUT2D eigenvalue weighted by molar-refractivity contribution is 6.17. The Bertz CT molecular complexity index is 1170. The molecule has 5 rings (SSSR count). The van der Waals surface area contributed by atoms with Crippen LogP contribution in [0.1, 0.15) is 37.4 Å². The van der Waals surface area contributed by atoms with E-state index in [2.05, 4.69) is 4.98 Å². The van der Waals surface area contributed by atoms with Crippen LogP contribution in [0, 0.1) is 0 Å². The number of halogens is 1. The van der Waals surface area contributed by atoms with Crippen LogP contribution in [0.15, 0.2) is 54.7 Å². The Morgan fingerprint density at radius 2 is 1.90 bits per heavy atom. The van der Waals surface area contributed by atoms with Gasteiger partial charge in [0.2, 0.25) is 0 Å².